The summed E-state index contributed by atoms with van der Waals surface area (Å²) in [5, 5.41) is 4.33. The third-order valence-corrected chi connectivity index (χ3v) is 3.18. The number of nitrogen functional groups attached to an aromatic ring is 1. The highest BCUT2D eigenvalue weighted by Crippen LogP contribution is 2.24. The minimum atomic E-state index is 0.736. The molecule has 2 aromatic rings. The van der Waals surface area contributed by atoms with E-state index in [9.17, 15) is 0 Å². The molecule has 0 spiro atoms. The monoisotopic (exact) mass is 265 g/mol. The number of anilines is 1. The maximum Gasteiger partial charge on any atom is 0.0671 e. The van der Waals surface area contributed by atoms with Gasteiger partial charge in [-0.05, 0) is 40.5 Å². The number of aromatic nitrogens is 2. The number of rotatable bonds is 2. The van der Waals surface area contributed by atoms with Crippen LogP contribution in [-0.2, 0) is 6.54 Å². The highest BCUT2D eigenvalue weighted by Gasteiger charge is 2.03. The summed E-state index contributed by atoms with van der Waals surface area (Å²) in [6, 6.07) is 7.85. The molecule has 3 nitrogen and oxygen atoms in total. The average Bonchev–Trinajstić information content (AvgIpc) is 2.59. The largest absolute Gasteiger partial charge is 0.398 e. The number of nitrogens with zero attached hydrogens (tertiary/aromatic N) is 2. The molecule has 78 valence electrons. The molecule has 0 amide bonds. The second-order valence-electron chi connectivity index (χ2n) is 3.48. The molecule has 0 aliphatic carbocycles. The van der Waals surface area contributed by atoms with Crippen molar-refractivity contribution in [2.24, 2.45) is 0 Å². The number of benzene rings is 1. The standard InChI is InChI=1S/C11H12BrN3/c1-8-5-6-15(14-8)7-9-3-2-4-10(13)11(9)12/h2-6H,7,13H2,1H3. The predicted octanol–water partition coefficient (Wildman–Crippen LogP) is 2.58. The first kappa shape index (κ1) is 10.2. The van der Waals surface area contributed by atoms with Crippen molar-refractivity contribution in [3.8, 4) is 0 Å². The van der Waals surface area contributed by atoms with Crippen LogP contribution < -0.4 is 5.73 Å². The topological polar surface area (TPSA) is 43.8 Å². The Labute approximate surface area is 97.0 Å². The first-order chi connectivity index (χ1) is 7.16. The Kier molecular flexibility index (Phi) is 2.77. The van der Waals surface area contributed by atoms with E-state index < -0.39 is 0 Å². The summed E-state index contributed by atoms with van der Waals surface area (Å²) in [7, 11) is 0. The summed E-state index contributed by atoms with van der Waals surface area (Å²) in [5.74, 6) is 0. The van der Waals surface area contributed by atoms with Crippen LogP contribution in [0.3, 0.4) is 0 Å². The molecular weight excluding hydrogens is 254 g/mol. The lowest BCUT2D eigenvalue weighted by Gasteiger charge is -2.06. The molecule has 0 fully saturated rings. The summed E-state index contributed by atoms with van der Waals surface area (Å²) in [4.78, 5) is 0. The van der Waals surface area contributed by atoms with Crippen LogP contribution in [0.1, 0.15) is 11.3 Å². The number of halogens is 1. The van der Waals surface area contributed by atoms with Crippen LogP contribution in [0.25, 0.3) is 0 Å². The van der Waals surface area contributed by atoms with Crippen molar-refractivity contribution >= 4 is 21.6 Å². The lowest BCUT2D eigenvalue weighted by atomic mass is 10.2. The molecule has 2 rings (SSSR count). The fourth-order valence-electron chi connectivity index (χ4n) is 1.45. The van der Waals surface area contributed by atoms with Crippen molar-refractivity contribution in [1.82, 2.24) is 9.78 Å². The Morgan fingerprint density at radius 3 is 2.87 bits per heavy atom. The van der Waals surface area contributed by atoms with Gasteiger partial charge in [0.05, 0.1) is 12.2 Å². The van der Waals surface area contributed by atoms with Gasteiger partial charge in [-0.15, -0.1) is 0 Å². The zero-order chi connectivity index (χ0) is 10.8. The minimum Gasteiger partial charge on any atom is -0.398 e. The maximum absolute atomic E-state index is 5.80. The van der Waals surface area contributed by atoms with E-state index in [-0.39, 0.29) is 0 Å². The molecule has 1 aromatic carbocycles. The van der Waals surface area contributed by atoms with E-state index in [4.69, 9.17) is 5.73 Å². The van der Waals surface area contributed by atoms with E-state index >= 15 is 0 Å². The van der Waals surface area contributed by atoms with Crippen LogP contribution in [-0.4, -0.2) is 9.78 Å². The van der Waals surface area contributed by atoms with Crippen LogP contribution >= 0.6 is 15.9 Å². The van der Waals surface area contributed by atoms with Crippen molar-refractivity contribution in [1.29, 1.82) is 0 Å². The van der Waals surface area contributed by atoms with E-state index in [1.807, 2.05) is 42.1 Å². The van der Waals surface area contributed by atoms with E-state index in [2.05, 4.69) is 21.0 Å². The van der Waals surface area contributed by atoms with Crippen LogP contribution in [0.5, 0.6) is 0 Å². The second-order valence-corrected chi connectivity index (χ2v) is 4.27. The molecule has 1 aromatic heterocycles. The smallest absolute Gasteiger partial charge is 0.0671 e. The third kappa shape index (κ3) is 2.21. The van der Waals surface area contributed by atoms with Gasteiger partial charge in [0.15, 0.2) is 0 Å². The highest BCUT2D eigenvalue weighted by molar-refractivity contribution is 9.10. The van der Waals surface area contributed by atoms with Crippen molar-refractivity contribution in [3.63, 3.8) is 0 Å². The van der Waals surface area contributed by atoms with E-state index in [0.29, 0.717) is 0 Å². The molecule has 1 heterocycles. The van der Waals surface area contributed by atoms with Gasteiger partial charge >= 0.3 is 0 Å². The van der Waals surface area contributed by atoms with Gasteiger partial charge < -0.3 is 5.73 Å². The van der Waals surface area contributed by atoms with Crippen LogP contribution in [0.4, 0.5) is 5.69 Å². The van der Waals surface area contributed by atoms with Gasteiger partial charge in [-0.3, -0.25) is 4.68 Å². The molecule has 0 saturated carbocycles. The lowest BCUT2D eigenvalue weighted by molar-refractivity contribution is 0.678. The van der Waals surface area contributed by atoms with Crippen LogP contribution in [0, 0.1) is 6.92 Å². The van der Waals surface area contributed by atoms with Crippen molar-refractivity contribution in [2.75, 3.05) is 5.73 Å². The van der Waals surface area contributed by atoms with Crippen molar-refractivity contribution in [3.05, 3.63) is 46.2 Å². The molecule has 0 aliphatic rings. The predicted molar refractivity (Wildman–Crippen MR) is 64.6 cm³/mol. The number of hydrogen-bond donors (Lipinski definition) is 1. The Balaban J connectivity index is 2.28. The fourth-order valence-corrected chi connectivity index (χ4v) is 1.84. The summed E-state index contributed by atoms with van der Waals surface area (Å²) in [5.41, 5.74) is 8.72. The molecule has 15 heavy (non-hydrogen) atoms. The Morgan fingerprint density at radius 2 is 2.20 bits per heavy atom. The second kappa shape index (κ2) is 4.06. The zero-order valence-electron chi connectivity index (χ0n) is 8.44. The lowest BCUT2D eigenvalue weighted by Crippen LogP contribution is -2.02. The molecule has 2 N–H and O–H groups in total. The normalized spacial score (nSPS) is 10.5. The minimum absolute atomic E-state index is 0.736. The fraction of sp³-hybridized carbons (Fsp3) is 0.182. The van der Waals surface area contributed by atoms with E-state index in [0.717, 1.165) is 28.0 Å². The summed E-state index contributed by atoms with van der Waals surface area (Å²) >= 11 is 3.48. The molecule has 0 saturated heterocycles. The number of aryl methyl sites for hydroxylation is 1. The molecule has 0 radical (unpaired) electrons. The zero-order valence-corrected chi connectivity index (χ0v) is 10.0. The summed E-state index contributed by atoms with van der Waals surface area (Å²) in [6.45, 7) is 2.71. The van der Waals surface area contributed by atoms with Crippen LogP contribution in [0.2, 0.25) is 0 Å². The van der Waals surface area contributed by atoms with Gasteiger partial charge in [-0.1, -0.05) is 12.1 Å². The highest BCUT2D eigenvalue weighted by atomic mass is 79.9. The van der Waals surface area contributed by atoms with Gasteiger partial charge in [0.1, 0.15) is 0 Å². The first-order valence-electron chi connectivity index (χ1n) is 4.70. The number of nitrogens with two attached hydrogens (primary N) is 1. The first-order valence-corrected chi connectivity index (χ1v) is 5.49. The number of hydrogen-bond acceptors (Lipinski definition) is 2. The van der Waals surface area contributed by atoms with Crippen molar-refractivity contribution < 1.29 is 0 Å². The van der Waals surface area contributed by atoms with Gasteiger partial charge in [-0.25, -0.2) is 0 Å². The SMILES string of the molecule is Cc1ccn(Cc2cccc(N)c2Br)n1. The van der Waals surface area contributed by atoms with Gasteiger partial charge in [0.2, 0.25) is 0 Å². The third-order valence-electron chi connectivity index (χ3n) is 2.21. The van der Waals surface area contributed by atoms with Crippen molar-refractivity contribution in [2.45, 2.75) is 13.5 Å². The molecule has 0 unspecified atom stereocenters. The molecule has 0 bridgehead atoms. The van der Waals surface area contributed by atoms with Gasteiger partial charge in [-0.2, -0.15) is 5.10 Å². The Morgan fingerprint density at radius 1 is 1.40 bits per heavy atom. The molecular formula is C11H12BrN3. The van der Waals surface area contributed by atoms with Crippen LogP contribution in [0.15, 0.2) is 34.9 Å². The molecule has 4 heteroatoms. The van der Waals surface area contributed by atoms with E-state index in [1.165, 1.54) is 0 Å². The van der Waals surface area contributed by atoms with Gasteiger partial charge in [0, 0.05) is 16.4 Å². The van der Waals surface area contributed by atoms with Gasteiger partial charge in [0.25, 0.3) is 0 Å². The average molecular weight is 266 g/mol. The Bertz CT molecular complexity index is 476. The molecule has 0 aliphatic heterocycles. The maximum atomic E-state index is 5.80. The van der Waals surface area contributed by atoms with E-state index in [1.54, 1.807) is 0 Å². The quantitative estimate of drug-likeness (QED) is 0.849. The Hall–Kier alpha value is -1.29. The summed E-state index contributed by atoms with van der Waals surface area (Å²) < 4.78 is 2.85. The summed E-state index contributed by atoms with van der Waals surface area (Å²) in [6.07, 6.45) is 1.96. The molecule has 0 atom stereocenters.